The van der Waals surface area contributed by atoms with Gasteiger partial charge in [0.1, 0.15) is 6.10 Å². The Morgan fingerprint density at radius 3 is 2.78 bits per heavy atom. The van der Waals surface area contributed by atoms with E-state index in [-0.39, 0.29) is 18.4 Å². The summed E-state index contributed by atoms with van der Waals surface area (Å²) < 4.78 is 5.42. The van der Waals surface area contributed by atoms with Crippen molar-refractivity contribution >= 4 is 11.9 Å². The molecule has 0 saturated carbocycles. The SMILES string of the molecule is O=C(O)CCC1CCCN(C(=O)[C@@H]2CCCO2)C1. The maximum Gasteiger partial charge on any atom is 0.303 e. The molecule has 1 unspecified atom stereocenters. The number of likely N-dealkylation sites (tertiary alicyclic amines) is 1. The van der Waals surface area contributed by atoms with Crippen LogP contribution in [0.25, 0.3) is 0 Å². The highest BCUT2D eigenvalue weighted by atomic mass is 16.5. The number of rotatable bonds is 4. The highest BCUT2D eigenvalue weighted by molar-refractivity contribution is 5.81. The second-order valence-corrected chi connectivity index (χ2v) is 5.23. The molecule has 2 aliphatic rings. The molecule has 1 N–H and O–H groups in total. The molecule has 0 spiro atoms. The zero-order chi connectivity index (χ0) is 13.0. The van der Waals surface area contributed by atoms with Gasteiger partial charge >= 0.3 is 5.97 Å². The first-order valence-corrected chi connectivity index (χ1v) is 6.79. The molecule has 0 aromatic rings. The number of nitrogens with zero attached hydrogens (tertiary/aromatic N) is 1. The number of hydrogen-bond donors (Lipinski definition) is 1. The third-order valence-corrected chi connectivity index (χ3v) is 3.80. The van der Waals surface area contributed by atoms with Gasteiger partial charge in [-0.05, 0) is 38.0 Å². The summed E-state index contributed by atoms with van der Waals surface area (Å²) in [6.07, 6.45) is 4.42. The van der Waals surface area contributed by atoms with Gasteiger partial charge in [0, 0.05) is 26.1 Å². The van der Waals surface area contributed by atoms with E-state index in [9.17, 15) is 9.59 Å². The summed E-state index contributed by atoms with van der Waals surface area (Å²) >= 11 is 0. The number of piperidine rings is 1. The monoisotopic (exact) mass is 255 g/mol. The zero-order valence-electron chi connectivity index (χ0n) is 10.6. The van der Waals surface area contributed by atoms with Gasteiger partial charge in [0.2, 0.25) is 0 Å². The predicted molar refractivity (Wildman–Crippen MR) is 65.1 cm³/mol. The van der Waals surface area contributed by atoms with Gasteiger partial charge in [-0.25, -0.2) is 0 Å². The lowest BCUT2D eigenvalue weighted by molar-refractivity contribution is -0.142. The Bertz CT molecular complexity index is 312. The molecule has 5 heteroatoms. The Labute approximate surface area is 107 Å². The van der Waals surface area contributed by atoms with E-state index in [1.54, 1.807) is 0 Å². The van der Waals surface area contributed by atoms with Crippen molar-refractivity contribution in [3.63, 3.8) is 0 Å². The highest BCUT2D eigenvalue weighted by Crippen LogP contribution is 2.23. The van der Waals surface area contributed by atoms with Gasteiger partial charge in [-0.2, -0.15) is 0 Å². The van der Waals surface area contributed by atoms with Crippen LogP contribution in [0.3, 0.4) is 0 Å². The van der Waals surface area contributed by atoms with Gasteiger partial charge < -0.3 is 14.7 Å². The summed E-state index contributed by atoms with van der Waals surface area (Å²) in [6, 6.07) is 0. The third kappa shape index (κ3) is 3.45. The summed E-state index contributed by atoms with van der Waals surface area (Å²) in [6.45, 7) is 2.18. The minimum Gasteiger partial charge on any atom is -0.481 e. The number of ether oxygens (including phenoxy) is 1. The first-order valence-electron chi connectivity index (χ1n) is 6.79. The molecule has 0 aromatic heterocycles. The van der Waals surface area contributed by atoms with E-state index in [0.717, 1.165) is 32.2 Å². The number of carbonyl (C=O) groups is 2. The number of carboxylic acids is 1. The number of aliphatic carboxylic acids is 1. The molecule has 2 atom stereocenters. The zero-order valence-corrected chi connectivity index (χ0v) is 10.6. The number of carbonyl (C=O) groups excluding carboxylic acids is 1. The Morgan fingerprint density at radius 2 is 2.11 bits per heavy atom. The van der Waals surface area contributed by atoms with Crippen LogP contribution in [0.15, 0.2) is 0 Å². The molecule has 102 valence electrons. The van der Waals surface area contributed by atoms with E-state index in [0.29, 0.717) is 25.5 Å². The van der Waals surface area contributed by atoms with Gasteiger partial charge in [-0.3, -0.25) is 9.59 Å². The summed E-state index contributed by atoms with van der Waals surface area (Å²) in [5.41, 5.74) is 0. The maximum atomic E-state index is 12.2. The van der Waals surface area contributed by atoms with Crippen LogP contribution in [0.4, 0.5) is 0 Å². The third-order valence-electron chi connectivity index (χ3n) is 3.80. The highest BCUT2D eigenvalue weighted by Gasteiger charge is 2.31. The number of amides is 1. The van der Waals surface area contributed by atoms with E-state index in [1.807, 2.05) is 4.90 Å². The molecule has 5 nitrogen and oxygen atoms in total. The summed E-state index contributed by atoms with van der Waals surface area (Å²) in [5, 5.41) is 8.69. The van der Waals surface area contributed by atoms with Crippen molar-refractivity contribution < 1.29 is 19.4 Å². The molecule has 18 heavy (non-hydrogen) atoms. The molecule has 1 amide bonds. The molecule has 2 fully saturated rings. The van der Waals surface area contributed by atoms with Crippen molar-refractivity contribution in [2.45, 2.75) is 44.6 Å². The van der Waals surface area contributed by atoms with Crippen LogP contribution in [-0.4, -0.2) is 47.7 Å². The fourth-order valence-electron chi connectivity index (χ4n) is 2.80. The number of carboxylic acid groups (broad SMARTS) is 1. The summed E-state index contributed by atoms with van der Waals surface area (Å²) in [5.74, 6) is -0.315. The Morgan fingerprint density at radius 1 is 1.28 bits per heavy atom. The molecule has 0 aromatic carbocycles. The molecule has 2 saturated heterocycles. The van der Waals surface area contributed by atoms with Gasteiger partial charge in [-0.1, -0.05) is 0 Å². The maximum absolute atomic E-state index is 12.2. The van der Waals surface area contributed by atoms with Crippen LogP contribution >= 0.6 is 0 Å². The molecular formula is C13H21NO4. The quantitative estimate of drug-likeness (QED) is 0.821. The van der Waals surface area contributed by atoms with Crippen molar-refractivity contribution in [2.24, 2.45) is 5.92 Å². The molecular weight excluding hydrogens is 234 g/mol. The Hall–Kier alpha value is -1.10. The van der Waals surface area contributed by atoms with Gasteiger partial charge in [0.05, 0.1) is 0 Å². The van der Waals surface area contributed by atoms with Crippen LogP contribution in [0.1, 0.15) is 38.5 Å². The first kappa shape index (κ1) is 13.3. The summed E-state index contributed by atoms with van der Waals surface area (Å²) in [4.78, 5) is 24.6. The van der Waals surface area contributed by atoms with Crippen molar-refractivity contribution in [3.05, 3.63) is 0 Å². The molecule has 2 rings (SSSR count). The second-order valence-electron chi connectivity index (χ2n) is 5.23. The molecule has 0 bridgehead atoms. The van der Waals surface area contributed by atoms with E-state index in [4.69, 9.17) is 9.84 Å². The predicted octanol–water partition coefficient (Wildman–Crippen LogP) is 1.27. The first-order chi connectivity index (χ1) is 8.66. The van der Waals surface area contributed by atoms with Gasteiger partial charge in [-0.15, -0.1) is 0 Å². The summed E-state index contributed by atoms with van der Waals surface area (Å²) in [7, 11) is 0. The van der Waals surface area contributed by atoms with Crippen molar-refractivity contribution in [1.82, 2.24) is 4.90 Å². The standard InChI is InChI=1S/C13H21NO4/c15-12(16)6-5-10-3-1-7-14(9-10)13(17)11-4-2-8-18-11/h10-11H,1-9H2,(H,15,16)/t10?,11-/m0/s1. The van der Waals surface area contributed by atoms with Crippen LogP contribution in [0, 0.1) is 5.92 Å². The van der Waals surface area contributed by atoms with Crippen LogP contribution in [0.5, 0.6) is 0 Å². The molecule has 2 heterocycles. The Kier molecular flexibility index (Phi) is 4.58. The van der Waals surface area contributed by atoms with Gasteiger partial charge in [0.15, 0.2) is 0 Å². The van der Waals surface area contributed by atoms with E-state index in [2.05, 4.69) is 0 Å². The van der Waals surface area contributed by atoms with Crippen molar-refractivity contribution in [1.29, 1.82) is 0 Å². The van der Waals surface area contributed by atoms with Crippen LogP contribution < -0.4 is 0 Å². The normalized spacial score (nSPS) is 28.3. The van der Waals surface area contributed by atoms with Crippen LogP contribution in [0.2, 0.25) is 0 Å². The average molecular weight is 255 g/mol. The minimum absolute atomic E-state index is 0.104. The van der Waals surface area contributed by atoms with E-state index in [1.165, 1.54) is 0 Å². The lowest BCUT2D eigenvalue weighted by Gasteiger charge is -2.34. The van der Waals surface area contributed by atoms with Crippen molar-refractivity contribution in [2.75, 3.05) is 19.7 Å². The largest absolute Gasteiger partial charge is 0.481 e. The van der Waals surface area contributed by atoms with E-state index < -0.39 is 5.97 Å². The fraction of sp³-hybridized carbons (Fsp3) is 0.846. The molecule has 0 radical (unpaired) electrons. The fourth-order valence-corrected chi connectivity index (χ4v) is 2.80. The lowest BCUT2D eigenvalue weighted by atomic mass is 9.93. The Balaban J connectivity index is 1.81. The van der Waals surface area contributed by atoms with Crippen molar-refractivity contribution in [3.8, 4) is 0 Å². The number of hydrogen-bond acceptors (Lipinski definition) is 3. The topological polar surface area (TPSA) is 66.8 Å². The van der Waals surface area contributed by atoms with E-state index >= 15 is 0 Å². The molecule has 2 aliphatic heterocycles. The molecule has 0 aliphatic carbocycles. The van der Waals surface area contributed by atoms with Crippen LogP contribution in [-0.2, 0) is 14.3 Å². The second kappa shape index (κ2) is 6.18. The minimum atomic E-state index is -0.752. The average Bonchev–Trinajstić information content (AvgIpc) is 2.89. The lowest BCUT2D eigenvalue weighted by Crippen LogP contribution is -2.44. The van der Waals surface area contributed by atoms with Gasteiger partial charge in [0.25, 0.3) is 5.91 Å². The smallest absolute Gasteiger partial charge is 0.303 e.